The van der Waals surface area contributed by atoms with E-state index in [0.717, 1.165) is 57.8 Å². The number of amides is 2. The molecule has 35 heavy (non-hydrogen) atoms. The SMILES string of the molecule is CC(C)C[C@@H]1NCCN([C@H](C(=O)N2CCC(Cc3nccn3CC3CC3)CC2)[C@@H](C)C(C)C)C1=O. The fourth-order valence-corrected chi connectivity index (χ4v) is 5.77. The van der Waals surface area contributed by atoms with Gasteiger partial charge < -0.3 is 19.7 Å². The molecule has 1 saturated carbocycles. The number of aromatic nitrogens is 2. The molecule has 1 aromatic heterocycles. The van der Waals surface area contributed by atoms with Crippen LogP contribution in [0.3, 0.4) is 0 Å². The van der Waals surface area contributed by atoms with Gasteiger partial charge in [0.05, 0.1) is 6.04 Å². The fourth-order valence-electron chi connectivity index (χ4n) is 5.77. The summed E-state index contributed by atoms with van der Waals surface area (Å²) < 4.78 is 2.35. The third-order valence-corrected chi connectivity index (χ3v) is 8.52. The lowest BCUT2D eigenvalue weighted by Gasteiger charge is -2.44. The molecule has 3 heterocycles. The number of likely N-dealkylation sites (tertiary alicyclic amines) is 1. The molecule has 0 radical (unpaired) electrons. The van der Waals surface area contributed by atoms with E-state index in [2.05, 4.69) is 55.7 Å². The monoisotopic (exact) mass is 485 g/mol. The number of hydrogen-bond donors (Lipinski definition) is 1. The average molecular weight is 486 g/mol. The van der Waals surface area contributed by atoms with E-state index in [0.29, 0.717) is 24.3 Å². The first-order chi connectivity index (χ1) is 16.7. The molecule has 7 heteroatoms. The minimum Gasteiger partial charge on any atom is -0.341 e. The van der Waals surface area contributed by atoms with Gasteiger partial charge in [0.1, 0.15) is 11.9 Å². The minimum absolute atomic E-state index is 0.105. The molecule has 2 saturated heterocycles. The maximum atomic E-state index is 13.9. The molecule has 7 nitrogen and oxygen atoms in total. The molecular formula is C28H47N5O2. The topological polar surface area (TPSA) is 70.5 Å². The quantitative estimate of drug-likeness (QED) is 0.550. The molecule has 0 spiro atoms. The summed E-state index contributed by atoms with van der Waals surface area (Å²) in [6, 6.07) is -0.545. The van der Waals surface area contributed by atoms with Crippen molar-refractivity contribution in [1.29, 1.82) is 0 Å². The fraction of sp³-hybridized carbons (Fsp3) is 0.821. The van der Waals surface area contributed by atoms with Crippen molar-refractivity contribution in [1.82, 2.24) is 24.7 Å². The summed E-state index contributed by atoms with van der Waals surface area (Å²) in [6.07, 6.45) is 10.6. The first-order valence-electron chi connectivity index (χ1n) is 14.1. The van der Waals surface area contributed by atoms with Crippen LogP contribution in [0.25, 0.3) is 0 Å². The van der Waals surface area contributed by atoms with Gasteiger partial charge in [-0.15, -0.1) is 0 Å². The molecule has 3 aliphatic rings. The molecule has 1 aromatic rings. The molecule has 1 aliphatic carbocycles. The van der Waals surface area contributed by atoms with Crippen molar-refractivity contribution >= 4 is 11.8 Å². The highest BCUT2D eigenvalue weighted by atomic mass is 16.2. The Hall–Kier alpha value is -1.89. The number of imidazole rings is 1. The zero-order chi connectivity index (χ0) is 25.1. The maximum absolute atomic E-state index is 13.9. The maximum Gasteiger partial charge on any atom is 0.245 e. The highest BCUT2D eigenvalue weighted by molar-refractivity contribution is 5.90. The van der Waals surface area contributed by atoms with Crippen LogP contribution >= 0.6 is 0 Å². The summed E-state index contributed by atoms with van der Waals surface area (Å²) in [5.41, 5.74) is 0. The van der Waals surface area contributed by atoms with Gasteiger partial charge in [-0.2, -0.15) is 0 Å². The van der Waals surface area contributed by atoms with Crippen LogP contribution in [0, 0.1) is 29.6 Å². The Labute approximate surface area is 212 Å². The van der Waals surface area contributed by atoms with E-state index < -0.39 is 0 Å². The minimum atomic E-state index is -0.367. The van der Waals surface area contributed by atoms with Gasteiger partial charge in [0, 0.05) is 51.5 Å². The van der Waals surface area contributed by atoms with E-state index in [1.165, 1.54) is 18.7 Å². The van der Waals surface area contributed by atoms with Crippen molar-refractivity contribution in [3.05, 3.63) is 18.2 Å². The van der Waals surface area contributed by atoms with Crippen LogP contribution in [0.1, 0.15) is 72.5 Å². The van der Waals surface area contributed by atoms with Gasteiger partial charge in [0.15, 0.2) is 0 Å². The third-order valence-electron chi connectivity index (χ3n) is 8.52. The van der Waals surface area contributed by atoms with Crippen LogP contribution in [-0.2, 0) is 22.6 Å². The molecule has 4 rings (SSSR count). The Bertz CT molecular complexity index is 853. The Balaban J connectivity index is 1.39. The highest BCUT2D eigenvalue weighted by Crippen LogP contribution is 2.32. The van der Waals surface area contributed by atoms with E-state index in [1.807, 2.05) is 16.0 Å². The molecular weight excluding hydrogens is 438 g/mol. The van der Waals surface area contributed by atoms with E-state index in [1.54, 1.807) is 0 Å². The highest BCUT2D eigenvalue weighted by Gasteiger charge is 2.42. The van der Waals surface area contributed by atoms with Gasteiger partial charge in [-0.3, -0.25) is 9.59 Å². The van der Waals surface area contributed by atoms with Crippen molar-refractivity contribution in [2.24, 2.45) is 29.6 Å². The van der Waals surface area contributed by atoms with E-state index >= 15 is 0 Å². The third kappa shape index (κ3) is 6.46. The second-order valence-corrected chi connectivity index (χ2v) is 12.1. The van der Waals surface area contributed by atoms with Gasteiger partial charge in [-0.05, 0) is 61.7 Å². The number of nitrogens with zero attached hydrogens (tertiary/aromatic N) is 4. The predicted octanol–water partition coefficient (Wildman–Crippen LogP) is 3.58. The molecule has 0 aromatic carbocycles. The van der Waals surface area contributed by atoms with Crippen molar-refractivity contribution in [3.8, 4) is 0 Å². The van der Waals surface area contributed by atoms with E-state index in [9.17, 15) is 9.59 Å². The molecule has 196 valence electrons. The Morgan fingerprint density at radius 2 is 1.77 bits per heavy atom. The zero-order valence-corrected chi connectivity index (χ0v) is 22.6. The van der Waals surface area contributed by atoms with Crippen LogP contribution in [0.15, 0.2) is 12.4 Å². The summed E-state index contributed by atoms with van der Waals surface area (Å²) in [7, 11) is 0. The largest absolute Gasteiger partial charge is 0.341 e. The van der Waals surface area contributed by atoms with Gasteiger partial charge in [-0.1, -0.05) is 34.6 Å². The van der Waals surface area contributed by atoms with E-state index in [4.69, 9.17) is 0 Å². The van der Waals surface area contributed by atoms with Gasteiger partial charge >= 0.3 is 0 Å². The zero-order valence-electron chi connectivity index (χ0n) is 22.6. The Morgan fingerprint density at radius 1 is 1.06 bits per heavy atom. The van der Waals surface area contributed by atoms with Crippen LogP contribution < -0.4 is 5.32 Å². The van der Waals surface area contributed by atoms with Crippen molar-refractivity contribution in [2.45, 2.75) is 91.8 Å². The van der Waals surface area contributed by atoms with Crippen molar-refractivity contribution < 1.29 is 9.59 Å². The number of piperazine rings is 1. The van der Waals surface area contributed by atoms with Crippen LogP contribution in [0.4, 0.5) is 0 Å². The number of carbonyl (C=O) groups excluding carboxylic acids is 2. The molecule has 2 amide bonds. The summed E-state index contributed by atoms with van der Waals surface area (Å²) >= 11 is 0. The van der Waals surface area contributed by atoms with Crippen molar-refractivity contribution in [3.63, 3.8) is 0 Å². The van der Waals surface area contributed by atoms with Crippen LogP contribution in [0.2, 0.25) is 0 Å². The van der Waals surface area contributed by atoms with Gasteiger partial charge in [0.25, 0.3) is 0 Å². The number of nitrogens with one attached hydrogen (secondary N) is 1. The first-order valence-corrected chi connectivity index (χ1v) is 14.1. The lowest BCUT2D eigenvalue weighted by Crippen LogP contribution is -2.63. The Morgan fingerprint density at radius 3 is 2.40 bits per heavy atom. The van der Waals surface area contributed by atoms with Gasteiger partial charge in [-0.25, -0.2) is 4.98 Å². The molecule has 0 bridgehead atoms. The van der Waals surface area contributed by atoms with Crippen LogP contribution in [0.5, 0.6) is 0 Å². The Kier molecular flexibility index (Phi) is 8.56. The second-order valence-electron chi connectivity index (χ2n) is 12.1. The standard InChI is InChI=1S/C28H47N5O2/c1-19(2)16-24-27(34)33(15-11-29-24)26(21(5)20(3)4)28(35)31-12-8-22(9-13-31)17-25-30-10-14-32(25)18-23-6-7-23/h10,14,19-24,26,29H,6-9,11-13,15-18H2,1-5H3/t21-,24-,26-/m0/s1. The summed E-state index contributed by atoms with van der Waals surface area (Å²) in [5.74, 6) is 3.76. The van der Waals surface area contributed by atoms with Crippen molar-refractivity contribution in [2.75, 3.05) is 26.2 Å². The molecule has 3 fully saturated rings. The van der Waals surface area contributed by atoms with Crippen LogP contribution in [-0.4, -0.2) is 69.4 Å². The number of carbonyl (C=O) groups is 2. The average Bonchev–Trinajstić information content (AvgIpc) is 3.54. The lowest BCUT2D eigenvalue weighted by molar-refractivity contribution is -0.152. The summed E-state index contributed by atoms with van der Waals surface area (Å²) in [5, 5.41) is 3.39. The summed E-state index contributed by atoms with van der Waals surface area (Å²) in [6.45, 7) is 14.8. The summed E-state index contributed by atoms with van der Waals surface area (Å²) in [4.78, 5) is 36.0. The lowest BCUT2D eigenvalue weighted by atomic mass is 9.86. The van der Waals surface area contributed by atoms with E-state index in [-0.39, 0.29) is 29.8 Å². The second kappa shape index (κ2) is 11.4. The molecule has 0 unspecified atom stereocenters. The number of piperidine rings is 1. The smallest absolute Gasteiger partial charge is 0.245 e. The number of hydrogen-bond acceptors (Lipinski definition) is 4. The van der Waals surface area contributed by atoms with Gasteiger partial charge in [0.2, 0.25) is 11.8 Å². The number of rotatable bonds is 10. The molecule has 1 N–H and O–H groups in total. The molecule has 2 aliphatic heterocycles. The predicted molar refractivity (Wildman–Crippen MR) is 139 cm³/mol. The first kappa shape index (κ1) is 26.2. The molecule has 3 atom stereocenters. The normalized spacial score (nSPS) is 23.9.